The van der Waals surface area contributed by atoms with Crippen LogP contribution in [0.5, 0.6) is 0 Å². The summed E-state index contributed by atoms with van der Waals surface area (Å²) in [6.45, 7) is 0. The predicted molar refractivity (Wildman–Crippen MR) is 74.6 cm³/mol. The molecule has 0 radical (unpaired) electrons. The molecule has 3 rings (SSSR count). The van der Waals surface area contributed by atoms with Crippen molar-refractivity contribution in [2.45, 2.75) is 4.34 Å². The van der Waals surface area contributed by atoms with Crippen LogP contribution in [0.1, 0.15) is 0 Å². The Labute approximate surface area is 108 Å². The van der Waals surface area contributed by atoms with E-state index in [1.54, 1.807) is 23.1 Å². The SMILES string of the molecule is CSc1nnc(-c2ccc3ccccc3c2)s1. The zero-order valence-corrected chi connectivity index (χ0v) is 10.9. The third kappa shape index (κ3) is 2.06. The molecular weight excluding hydrogens is 248 g/mol. The Morgan fingerprint density at radius 1 is 1.00 bits per heavy atom. The van der Waals surface area contributed by atoms with Crippen LogP contribution in [0.15, 0.2) is 46.8 Å². The first-order valence-electron chi connectivity index (χ1n) is 5.23. The molecular formula is C13H10N2S2. The third-order valence-electron chi connectivity index (χ3n) is 2.58. The Hall–Kier alpha value is -1.39. The average molecular weight is 258 g/mol. The maximum absolute atomic E-state index is 4.21. The van der Waals surface area contributed by atoms with Crippen molar-refractivity contribution in [2.24, 2.45) is 0 Å². The van der Waals surface area contributed by atoms with Gasteiger partial charge in [0.1, 0.15) is 5.01 Å². The minimum atomic E-state index is 0.986. The summed E-state index contributed by atoms with van der Waals surface area (Å²) in [6, 6.07) is 14.7. The van der Waals surface area contributed by atoms with E-state index < -0.39 is 0 Å². The molecule has 17 heavy (non-hydrogen) atoms. The van der Waals surface area contributed by atoms with Gasteiger partial charge in [0.15, 0.2) is 4.34 Å². The van der Waals surface area contributed by atoms with Crippen molar-refractivity contribution >= 4 is 33.9 Å². The molecule has 3 aromatic rings. The van der Waals surface area contributed by atoms with Crippen LogP contribution in [0.4, 0.5) is 0 Å². The van der Waals surface area contributed by atoms with Crippen LogP contribution in [0.2, 0.25) is 0 Å². The number of hydrogen-bond acceptors (Lipinski definition) is 4. The number of nitrogens with zero attached hydrogens (tertiary/aromatic N) is 2. The lowest BCUT2D eigenvalue weighted by atomic mass is 10.1. The molecule has 0 aliphatic heterocycles. The zero-order valence-electron chi connectivity index (χ0n) is 9.25. The van der Waals surface area contributed by atoms with Gasteiger partial charge >= 0.3 is 0 Å². The molecule has 0 amide bonds. The Bertz CT molecular complexity index is 661. The fourth-order valence-electron chi connectivity index (χ4n) is 1.73. The fourth-order valence-corrected chi connectivity index (χ4v) is 3.00. The van der Waals surface area contributed by atoms with Gasteiger partial charge in [0.2, 0.25) is 0 Å². The summed E-state index contributed by atoms with van der Waals surface area (Å²) in [5, 5.41) is 11.8. The normalized spacial score (nSPS) is 10.9. The van der Waals surface area contributed by atoms with Gasteiger partial charge in [-0.2, -0.15) is 0 Å². The first-order chi connectivity index (χ1) is 8.36. The van der Waals surface area contributed by atoms with Crippen LogP contribution in [-0.2, 0) is 0 Å². The number of thioether (sulfide) groups is 1. The van der Waals surface area contributed by atoms with Crippen LogP contribution >= 0.6 is 23.1 Å². The van der Waals surface area contributed by atoms with E-state index >= 15 is 0 Å². The fraction of sp³-hybridized carbons (Fsp3) is 0.0769. The summed E-state index contributed by atoms with van der Waals surface area (Å²) >= 11 is 3.27. The quantitative estimate of drug-likeness (QED) is 0.648. The largest absolute Gasteiger partial charge is 0.174 e. The van der Waals surface area contributed by atoms with E-state index in [0.717, 1.165) is 14.9 Å². The van der Waals surface area contributed by atoms with E-state index in [1.807, 2.05) is 6.26 Å². The summed E-state index contributed by atoms with van der Waals surface area (Å²) in [7, 11) is 0. The highest BCUT2D eigenvalue weighted by molar-refractivity contribution is 8.00. The molecule has 0 fully saturated rings. The van der Waals surface area contributed by atoms with Crippen LogP contribution in [0.25, 0.3) is 21.3 Å². The third-order valence-corrected chi connectivity index (χ3v) is 4.53. The van der Waals surface area contributed by atoms with Crippen molar-refractivity contribution in [1.82, 2.24) is 10.2 Å². The lowest BCUT2D eigenvalue weighted by Gasteiger charge is -1.99. The lowest BCUT2D eigenvalue weighted by Crippen LogP contribution is -1.78. The van der Waals surface area contributed by atoms with Gasteiger partial charge in [0.25, 0.3) is 0 Å². The minimum Gasteiger partial charge on any atom is -0.137 e. The van der Waals surface area contributed by atoms with E-state index in [-0.39, 0.29) is 0 Å². The molecule has 2 aromatic carbocycles. The molecule has 0 saturated heterocycles. The molecule has 0 unspecified atom stereocenters. The highest BCUT2D eigenvalue weighted by atomic mass is 32.2. The zero-order chi connectivity index (χ0) is 11.7. The molecule has 0 bridgehead atoms. The van der Waals surface area contributed by atoms with Gasteiger partial charge in [-0.05, 0) is 23.1 Å². The first kappa shape index (κ1) is 10.7. The van der Waals surface area contributed by atoms with Crippen molar-refractivity contribution < 1.29 is 0 Å². The molecule has 2 nitrogen and oxygen atoms in total. The molecule has 4 heteroatoms. The van der Waals surface area contributed by atoms with E-state index in [9.17, 15) is 0 Å². The summed E-state index contributed by atoms with van der Waals surface area (Å²) in [4.78, 5) is 0. The smallest absolute Gasteiger partial charge is 0.137 e. The van der Waals surface area contributed by atoms with Crippen molar-refractivity contribution in [1.29, 1.82) is 0 Å². The molecule has 1 heterocycles. The minimum absolute atomic E-state index is 0.986. The molecule has 0 N–H and O–H groups in total. The average Bonchev–Trinajstić information content (AvgIpc) is 2.87. The predicted octanol–water partition coefficient (Wildman–Crippen LogP) is 4.08. The molecule has 0 spiro atoms. The lowest BCUT2D eigenvalue weighted by molar-refractivity contribution is 1.02. The maximum atomic E-state index is 4.21. The van der Waals surface area contributed by atoms with E-state index in [1.165, 1.54) is 10.8 Å². The summed E-state index contributed by atoms with van der Waals surface area (Å²) in [5.41, 5.74) is 1.14. The van der Waals surface area contributed by atoms with Crippen LogP contribution in [0, 0.1) is 0 Å². The molecule has 0 aliphatic rings. The van der Waals surface area contributed by atoms with E-state index in [2.05, 4.69) is 52.7 Å². The summed E-state index contributed by atoms with van der Waals surface area (Å²) < 4.78 is 1.01. The van der Waals surface area contributed by atoms with Crippen molar-refractivity contribution in [3.8, 4) is 10.6 Å². The Kier molecular flexibility index (Phi) is 2.82. The highest BCUT2D eigenvalue weighted by Crippen LogP contribution is 2.29. The summed E-state index contributed by atoms with van der Waals surface area (Å²) in [6.07, 6.45) is 2.02. The number of aromatic nitrogens is 2. The van der Waals surface area contributed by atoms with Gasteiger partial charge in [0.05, 0.1) is 0 Å². The standard InChI is InChI=1S/C13H10N2S2/c1-16-13-15-14-12(17-13)11-7-6-9-4-2-3-5-10(9)8-11/h2-8H,1H3. The Morgan fingerprint density at radius 2 is 1.82 bits per heavy atom. The number of benzene rings is 2. The molecule has 84 valence electrons. The number of rotatable bonds is 2. The maximum Gasteiger partial charge on any atom is 0.174 e. The molecule has 0 atom stereocenters. The number of hydrogen-bond donors (Lipinski definition) is 0. The molecule has 0 aliphatic carbocycles. The first-order valence-corrected chi connectivity index (χ1v) is 7.27. The second-order valence-electron chi connectivity index (χ2n) is 3.64. The second kappa shape index (κ2) is 4.47. The van der Waals surface area contributed by atoms with Gasteiger partial charge in [-0.1, -0.05) is 59.5 Å². The second-order valence-corrected chi connectivity index (χ2v) is 5.67. The number of fused-ring (bicyclic) bond motifs is 1. The van der Waals surface area contributed by atoms with Gasteiger partial charge in [0, 0.05) is 5.56 Å². The Balaban J connectivity index is 2.11. The topological polar surface area (TPSA) is 25.8 Å². The van der Waals surface area contributed by atoms with Crippen LogP contribution < -0.4 is 0 Å². The van der Waals surface area contributed by atoms with Crippen molar-refractivity contribution in [3.05, 3.63) is 42.5 Å². The van der Waals surface area contributed by atoms with Crippen LogP contribution in [0.3, 0.4) is 0 Å². The van der Waals surface area contributed by atoms with Gasteiger partial charge in [-0.15, -0.1) is 10.2 Å². The van der Waals surface area contributed by atoms with Crippen molar-refractivity contribution in [2.75, 3.05) is 6.26 Å². The summed E-state index contributed by atoms with van der Waals surface area (Å²) in [5.74, 6) is 0. The van der Waals surface area contributed by atoms with E-state index in [0.29, 0.717) is 0 Å². The van der Waals surface area contributed by atoms with Gasteiger partial charge < -0.3 is 0 Å². The van der Waals surface area contributed by atoms with Gasteiger partial charge in [-0.3, -0.25) is 0 Å². The Morgan fingerprint density at radius 3 is 2.59 bits per heavy atom. The van der Waals surface area contributed by atoms with Gasteiger partial charge in [-0.25, -0.2) is 0 Å². The van der Waals surface area contributed by atoms with Crippen molar-refractivity contribution in [3.63, 3.8) is 0 Å². The van der Waals surface area contributed by atoms with E-state index in [4.69, 9.17) is 0 Å². The monoisotopic (exact) mass is 258 g/mol. The van der Waals surface area contributed by atoms with Crippen LogP contribution in [-0.4, -0.2) is 16.5 Å². The highest BCUT2D eigenvalue weighted by Gasteiger charge is 2.06. The molecule has 0 saturated carbocycles. The molecule has 1 aromatic heterocycles.